The predicted octanol–water partition coefficient (Wildman–Crippen LogP) is 3.38. The van der Waals surface area contributed by atoms with Gasteiger partial charge >= 0.3 is 0 Å². The average molecular weight is 316 g/mol. The maximum atomic E-state index is 12.5. The molecule has 0 aromatic heterocycles. The lowest BCUT2D eigenvalue weighted by atomic mass is 10.0. The predicted molar refractivity (Wildman–Crippen MR) is 91.3 cm³/mol. The number of carbonyl (C=O) groups is 1. The smallest absolute Gasteiger partial charge is 0.278 e. The van der Waals surface area contributed by atoms with Crippen LogP contribution in [-0.2, 0) is 4.79 Å². The van der Waals surface area contributed by atoms with Gasteiger partial charge in [-0.05, 0) is 61.6 Å². The van der Waals surface area contributed by atoms with Gasteiger partial charge in [0.1, 0.15) is 11.4 Å². The minimum Gasteiger partial charge on any atom is -0.496 e. The molecule has 1 aromatic carbocycles. The number of aryl methyl sites for hydroxylation is 2. The van der Waals surface area contributed by atoms with E-state index in [4.69, 9.17) is 4.74 Å². The number of ether oxygens (including phenoxy) is 1. The number of rotatable bonds is 2. The molecule has 2 aliphatic heterocycles. The SMILES string of the molecule is COc1cc(C)c(/C=C2\N=C3SCCCCN3C2=O)cc1C. The molecule has 0 saturated carbocycles. The Morgan fingerprint density at radius 2 is 2.09 bits per heavy atom. The highest BCUT2D eigenvalue weighted by Gasteiger charge is 2.31. The van der Waals surface area contributed by atoms with Crippen LogP contribution < -0.4 is 4.74 Å². The van der Waals surface area contributed by atoms with Crippen molar-refractivity contribution in [3.63, 3.8) is 0 Å². The number of methoxy groups -OCH3 is 1. The highest BCUT2D eigenvalue weighted by molar-refractivity contribution is 8.13. The van der Waals surface area contributed by atoms with Gasteiger partial charge in [0, 0.05) is 12.3 Å². The zero-order valence-electron chi connectivity index (χ0n) is 13.2. The first-order valence-electron chi connectivity index (χ1n) is 7.50. The van der Waals surface area contributed by atoms with Crippen molar-refractivity contribution in [1.82, 2.24) is 4.90 Å². The molecule has 2 aliphatic rings. The molecule has 1 fully saturated rings. The molecule has 2 heterocycles. The number of fused-ring (bicyclic) bond motifs is 1. The van der Waals surface area contributed by atoms with E-state index in [1.807, 2.05) is 37.0 Å². The third-order valence-electron chi connectivity index (χ3n) is 3.99. The molecule has 1 aromatic rings. The Morgan fingerprint density at radius 3 is 2.86 bits per heavy atom. The van der Waals surface area contributed by atoms with Crippen LogP contribution in [0.3, 0.4) is 0 Å². The van der Waals surface area contributed by atoms with Crippen LogP contribution in [0.15, 0.2) is 22.8 Å². The largest absolute Gasteiger partial charge is 0.496 e. The normalized spacial score (nSPS) is 20.0. The van der Waals surface area contributed by atoms with Crippen LogP contribution in [0.5, 0.6) is 5.75 Å². The Hall–Kier alpha value is -1.75. The summed E-state index contributed by atoms with van der Waals surface area (Å²) in [5.74, 6) is 1.93. The number of benzene rings is 1. The van der Waals surface area contributed by atoms with Gasteiger partial charge in [-0.2, -0.15) is 0 Å². The van der Waals surface area contributed by atoms with E-state index in [9.17, 15) is 4.79 Å². The van der Waals surface area contributed by atoms with Gasteiger partial charge in [-0.25, -0.2) is 4.99 Å². The maximum Gasteiger partial charge on any atom is 0.278 e. The van der Waals surface area contributed by atoms with E-state index in [0.29, 0.717) is 5.70 Å². The van der Waals surface area contributed by atoms with Crippen LogP contribution in [0.4, 0.5) is 0 Å². The molecule has 4 nitrogen and oxygen atoms in total. The topological polar surface area (TPSA) is 41.9 Å². The zero-order valence-corrected chi connectivity index (χ0v) is 14.0. The van der Waals surface area contributed by atoms with Crippen molar-refractivity contribution in [2.75, 3.05) is 19.4 Å². The second-order valence-electron chi connectivity index (χ2n) is 5.61. The summed E-state index contributed by atoms with van der Waals surface area (Å²) in [7, 11) is 1.67. The van der Waals surface area contributed by atoms with Crippen LogP contribution in [0.2, 0.25) is 0 Å². The highest BCUT2D eigenvalue weighted by Crippen LogP contribution is 2.29. The van der Waals surface area contributed by atoms with Gasteiger partial charge in [0.2, 0.25) is 0 Å². The van der Waals surface area contributed by atoms with Gasteiger partial charge in [-0.3, -0.25) is 9.69 Å². The van der Waals surface area contributed by atoms with Crippen LogP contribution in [0.1, 0.15) is 29.5 Å². The number of amidine groups is 1. The number of hydrogen-bond acceptors (Lipinski definition) is 4. The van der Waals surface area contributed by atoms with Crippen LogP contribution >= 0.6 is 11.8 Å². The van der Waals surface area contributed by atoms with Gasteiger partial charge in [0.15, 0.2) is 5.17 Å². The molecule has 0 spiro atoms. The fourth-order valence-electron chi connectivity index (χ4n) is 2.71. The van der Waals surface area contributed by atoms with Crippen molar-refractivity contribution >= 4 is 28.9 Å². The van der Waals surface area contributed by atoms with Crippen molar-refractivity contribution in [2.45, 2.75) is 26.7 Å². The van der Waals surface area contributed by atoms with E-state index in [0.717, 1.165) is 52.7 Å². The minimum absolute atomic E-state index is 0.0253. The molecular weight excluding hydrogens is 296 g/mol. The molecular formula is C17H20N2O2S. The third kappa shape index (κ3) is 2.77. The van der Waals surface area contributed by atoms with Crippen molar-refractivity contribution in [3.05, 3.63) is 34.5 Å². The quantitative estimate of drug-likeness (QED) is 0.786. The van der Waals surface area contributed by atoms with Crippen LogP contribution in [0, 0.1) is 13.8 Å². The summed E-state index contributed by atoms with van der Waals surface area (Å²) in [5, 5.41) is 0.858. The van der Waals surface area contributed by atoms with Crippen LogP contribution in [0.25, 0.3) is 6.08 Å². The first-order chi connectivity index (χ1) is 10.6. The Balaban J connectivity index is 1.96. The van der Waals surface area contributed by atoms with Crippen LogP contribution in [-0.4, -0.2) is 35.4 Å². The number of aliphatic imine (C=N–C) groups is 1. The molecule has 0 bridgehead atoms. The van der Waals surface area contributed by atoms with E-state index in [1.54, 1.807) is 18.9 Å². The summed E-state index contributed by atoms with van der Waals surface area (Å²) in [6.45, 7) is 4.81. The van der Waals surface area contributed by atoms with E-state index >= 15 is 0 Å². The van der Waals surface area contributed by atoms with Gasteiger partial charge < -0.3 is 4.74 Å². The Kier molecular flexibility index (Phi) is 4.25. The third-order valence-corrected chi connectivity index (χ3v) is 5.06. The van der Waals surface area contributed by atoms with E-state index in [2.05, 4.69) is 4.99 Å². The number of amides is 1. The van der Waals surface area contributed by atoms with Crippen molar-refractivity contribution in [2.24, 2.45) is 4.99 Å². The standard InChI is InChI=1S/C17H20N2O2S/c1-11-9-15(21-3)12(2)8-13(11)10-14-16(20)19-6-4-5-7-22-17(19)18-14/h8-10H,4-7H2,1-3H3/b14-10-. The van der Waals surface area contributed by atoms with Gasteiger partial charge in [0.25, 0.3) is 5.91 Å². The Labute approximate surface area is 135 Å². The molecule has 116 valence electrons. The maximum absolute atomic E-state index is 12.5. The number of nitrogens with zero attached hydrogens (tertiary/aromatic N) is 2. The van der Waals surface area contributed by atoms with E-state index in [1.165, 1.54) is 0 Å². The lowest BCUT2D eigenvalue weighted by molar-refractivity contribution is -0.122. The fourth-order valence-corrected chi connectivity index (χ4v) is 3.73. The summed E-state index contributed by atoms with van der Waals surface area (Å²) in [5.41, 5.74) is 3.70. The van der Waals surface area contributed by atoms with Crippen molar-refractivity contribution in [3.8, 4) is 5.75 Å². The summed E-state index contributed by atoms with van der Waals surface area (Å²) in [6, 6.07) is 4.05. The Bertz CT molecular complexity index is 679. The molecule has 0 unspecified atom stereocenters. The lowest BCUT2D eigenvalue weighted by Crippen LogP contribution is -2.30. The van der Waals surface area contributed by atoms with Crippen molar-refractivity contribution in [1.29, 1.82) is 0 Å². The van der Waals surface area contributed by atoms with Crippen molar-refractivity contribution < 1.29 is 9.53 Å². The average Bonchev–Trinajstić information content (AvgIpc) is 2.68. The molecule has 0 radical (unpaired) electrons. The second kappa shape index (κ2) is 6.16. The van der Waals surface area contributed by atoms with E-state index < -0.39 is 0 Å². The molecule has 0 N–H and O–H groups in total. The number of hydrogen-bond donors (Lipinski definition) is 0. The zero-order chi connectivity index (χ0) is 15.7. The highest BCUT2D eigenvalue weighted by atomic mass is 32.2. The first kappa shape index (κ1) is 15.2. The molecule has 0 atom stereocenters. The second-order valence-corrected chi connectivity index (χ2v) is 6.68. The first-order valence-corrected chi connectivity index (χ1v) is 8.49. The molecule has 5 heteroatoms. The number of carbonyl (C=O) groups excluding carboxylic acids is 1. The molecule has 0 aliphatic carbocycles. The summed E-state index contributed by atoms with van der Waals surface area (Å²) in [4.78, 5) is 18.9. The molecule has 1 saturated heterocycles. The summed E-state index contributed by atoms with van der Waals surface area (Å²) < 4.78 is 5.34. The fraction of sp³-hybridized carbons (Fsp3) is 0.412. The van der Waals surface area contributed by atoms with Gasteiger partial charge in [-0.15, -0.1) is 0 Å². The minimum atomic E-state index is 0.0253. The van der Waals surface area contributed by atoms with Gasteiger partial charge in [0.05, 0.1) is 7.11 Å². The van der Waals surface area contributed by atoms with Gasteiger partial charge in [-0.1, -0.05) is 11.8 Å². The number of thioether (sulfide) groups is 1. The monoisotopic (exact) mass is 316 g/mol. The summed E-state index contributed by atoms with van der Waals surface area (Å²) >= 11 is 1.68. The molecule has 22 heavy (non-hydrogen) atoms. The molecule has 1 amide bonds. The lowest BCUT2D eigenvalue weighted by Gasteiger charge is -2.13. The van der Waals surface area contributed by atoms with E-state index in [-0.39, 0.29) is 5.91 Å². The molecule has 3 rings (SSSR count). The Morgan fingerprint density at radius 1 is 1.27 bits per heavy atom. The summed E-state index contributed by atoms with van der Waals surface area (Å²) in [6.07, 6.45) is 4.08.